The Kier molecular flexibility index (Phi) is 3.96. The van der Waals surface area contributed by atoms with Crippen LogP contribution in [0.5, 0.6) is 0 Å². The van der Waals surface area contributed by atoms with Gasteiger partial charge in [0, 0.05) is 6.04 Å². The number of hydrogen-bond acceptors (Lipinski definition) is 4. The van der Waals surface area contributed by atoms with Gasteiger partial charge in [0.2, 0.25) is 0 Å². The third-order valence-corrected chi connectivity index (χ3v) is 2.04. The normalized spacial score (nSPS) is 14.7. The molecule has 1 aromatic rings. The number of aliphatic hydroxyl groups is 1. The highest BCUT2D eigenvalue weighted by Crippen LogP contribution is 2.14. The zero-order chi connectivity index (χ0) is 11.4. The summed E-state index contributed by atoms with van der Waals surface area (Å²) in [6.07, 6.45) is 1.44. The Hall–Kier alpha value is -1.23. The zero-order valence-electron chi connectivity index (χ0n) is 9.16. The van der Waals surface area contributed by atoms with Crippen LogP contribution in [0.3, 0.4) is 0 Å². The highest BCUT2D eigenvalue weighted by molar-refractivity contribution is 5.37. The van der Waals surface area contributed by atoms with Gasteiger partial charge in [0.25, 0.3) is 0 Å². The standard InChI is InChI=1S/C10H16FN3O/c1-6(4-7(2)15)14-10-9(11)8(3)12-5-13-10/h5-7,15H,4H2,1-3H3,(H,12,13,14). The molecule has 2 N–H and O–H groups in total. The first-order chi connectivity index (χ1) is 7.00. The summed E-state index contributed by atoms with van der Waals surface area (Å²) in [6, 6.07) is -0.0335. The molecule has 15 heavy (non-hydrogen) atoms. The van der Waals surface area contributed by atoms with E-state index in [4.69, 9.17) is 5.11 Å². The van der Waals surface area contributed by atoms with Gasteiger partial charge < -0.3 is 10.4 Å². The molecular formula is C10H16FN3O. The SMILES string of the molecule is Cc1ncnc(NC(C)CC(C)O)c1F. The van der Waals surface area contributed by atoms with Crippen molar-refractivity contribution in [2.75, 3.05) is 5.32 Å². The van der Waals surface area contributed by atoms with Crippen molar-refractivity contribution in [3.8, 4) is 0 Å². The van der Waals surface area contributed by atoms with Crippen molar-refractivity contribution in [3.05, 3.63) is 17.8 Å². The van der Waals surface area contributed by atoms with E-state index < -0.39 is 11.9 Å². The van der Waals surface area contributed by atoms with E-state index in [-0.39, 0.29) is 11.9 Å². The highest BCUT2D eigenvalue weighted by atomic mass is 19.1. The molecule has 0 radical (unpaired) electrons. The van der Waals surface area contributed by atoms with Gasteiger partial charge in [0.15, 0.2) is 11.6 Å². The minimum absolute atomic E-state index is 0.0335. The van der Waals surface area contributed by atoms with Crippen molar-refractivity contribution < 1.29 is 9.50 Å². The number of aliphatic hydroxyl groups excluding tert-OH is 1. The summed E-state index contributed by atoms with van der Waals surface area (Å²) in [5.74, 6) is -0.245. The van der Waals surface area contributed by atoms with Gasteiger partial charge in [-0.3, -0.25) is 0 Å². The first kappa shape index (κ1) is 11.8. The summed E-state index contributed by atoms with van der Waals surface area (Å²) in [4.78, 5) is 7.54. The van der Waals surface area contributed by atoms with Gasteiger partial charge in [-0.25, -0.2) is 14.4 Å². The number of rotatable bonds is 4. The molecule has 0 amide bonds. The first-order valence-corrected chi connectivity index (χ1v) is 4.92. The van der Waals surface area contributed by atoms with Crippen molar-refractivity contribution in [3.63, 3.8) is 0 Å². The minimum Gasteiger partial charge on any atom is -0.393 e. The molecule has 1 heterocycles. The molecule has 0 saturated carbocycles. The van der Waals surface area contributed by atoms with Crippen LogP contribution in [0.4, 0.5) is 10.2 Å². The monoisotopic (exact) mass is 213 g/mol. The van der Waals surface area contributed by atoms with Crippen LogP contribution in [-0.2, 0) is 0 Å². The van der Waals surface area contributed by atoms with Crippen LogP contribution in [0.2, 0.25) is 0 Å². The molecule has 1 rings (SSSR count). The predicted molar refractivity (Wildman–Crippen MR) is 56.1 cm³/mol. The molecule has 2 unspecified atom stereocenters. The van der Waals surface area contributed by atoms with Crippen LogP contribution >= 0.6 is 0 Å². The fourth-order valence-corrected chi connectivity index (χ4v) is 1.36. The molecule has 84 valence electrons. The van der Waals surface area contributed by atoms with E-state index in [0.29, 0.717) is 12.1 Å². The number of halogens is 1. The van der Waals surface area contributed by atoms with Gasteiger partial charge in [-0.1, -0.05) is 0 Å². The fourth-order valence-electron chi connectivity index (χ4n) is 1.36. The van der Waals surface area contributed by atoms with Crippen molar-refractivity contribution in [2.24, 2.45) is 0 Å². The number of anilines is 1. The van der Waals surface area contributed by atoms with Crippen molar-refractivity contribution >= 4 is 5.82 Å². The molecule has 0 bridgehead atoms. The molecule has 0 aliphatic rings. The third kappa shape index (κ3) is 3.43. The van der Waals surface area contributed by atoms with Gasteiger partial charge in [0.1, 0.15) is 6.33 Å². The zero-order valence-corrected chi connectivity index (χ0v) is 9.16. The lowest BCUT2D eigenvalue weighted by Crippen LogP contribution is -2.22. The second-order valence-electron chi connectivity index (χ2n) is 3.75. The van der Waals surface area contributed by atoms with Gasteiger partial charge in [-0.15, -0.1) is 0 Å². The molecule has 5 heteroatoms. The summed E-state index contributed by atoms with van der Waals surface area (Å²) in [7, 11) is 0. The van der Waals surface area contributed by atoms with Crippen molar-refractivity contribution in [1.29, 1.82) is 0 Å². The third-order valence-electron chi connectivity index (χ3n) is 2.04. The Balaban J connectivity index is 2.68. The fraction of sp³-hybridized carbons (Fsp3) is 0.600. The Bertz CT molecular complexity index is 330. The molecule has 2 atom stereocenters. The van der Waals surface area contributed by atoms with Crippen LogP contribution in [0.15, 0.2) is 6.33 Å². The molecular weight excluding hydrogens is 197 g/mol. The average molecular weight is 213 g/mol. The van der Waals surface area contributed by atoms with Crippen LogP contribution in [0, 0.1) is 12.7 Å². The van der Waals surface area contributed by atoms with Crippen LogP contribution in [0.25, 0.3) is 0 Å². The lowest BCUT2D eigenvalue weighted by molar-refractivity contribution is 0.179. The second kappa shape index (κ2) is 5.02. The van der Waals surface area contributed by atoms with E-state index in [2.05, 4.69) is 15.3 Å². The maximum absolute atomic E-state index is 13.4. The number of aromatic nitrogens is 2. The van der Waals surface area contributed by atoms with Gasteiger partial charge in [-0.2, -0.15) is 0 Å². The molecule has 0 spiro atoms. The number of nitrogens with zero attached hydrogens (tertiary/aromatic N) is 2. The Labute approximate surface area is 88.6 Å². The van der Waals surface area contributed by atoms with E-state index in [9.17, 15) is 4.39 Å². The topological polar surface area (TPSA) is 58.0 Å². The quantitative estimate of drug-likeness (QED) is 0.795. The van der Waals surface area contributed by atoms with Crippen molar-refractivity contribution in [1.82, 2.24) is 9.97 Å². The van der Waals surface area contributed by atoms with Crippen LogP contribution in [0.1, 0.15) is 26.0 Å². The van der Waals surface area contributed by atoms with E-state index >= 15 is 0 Å². The Morgan fingerprint density at radius 2 is 2.13 bits per heavy atom. The van der Waals surface area contributed by atoms with E-state index in [1.54, 1.807) is 13.8 Å². The Morgan fingerprint density at radius 1 is 1.47 bits per heavy atom. The van der Waals surface area contributed by atoms with Gasteiger partial charge in [-0.05, 0) is 27.2 Å². The second-order valence-corrected chi connectivity index (χ2v) is 3.75. The van der Waals surface area contributed by atoms with E-state index in [1.807, 2.05) is 6.92 Å². The van der Waals surface area contributed by atoms with E-state index in [1.165, 1.54) is 6.33 Å². The largest absolute Gasteiger partial charge is 0.393 e. The number of hydrogen-bond donors (Lipinski definition) is 2. The summed E-state index contributed by atoms with van der Waals surface area (Å²) < 4.78 is 13.4. The van der Waals surface area contributed by atoms with Gasteiger partial charge >= 0.3 is 0 Å². The summed E-state index contributed by atoms with van der Waals surface area (Å²) >= 11 is 0. The highest BCUT2D eigenvalue weighted by Gasteiger charge is 2.11. The average Bonchev–Trinajstić information content (AvgIpc) is 2.11. The van der Waals surface area contributed by atoms with Gasteiger partial charge in [0.05, 0.1) is 11.8 Å². The lowest BCUT2D eigenvalue weighted by Gasteiger charge is -2.16. The summed E-state index contributed by atoms with van der Waals surface area (Å²) in [5, 5.41) is 12.1. The molecule has 0 aliphatic carbocycles. The smallest absolute Gasteiger partial charge is 0.186 e. The summed E-state index contributed by atoms with van der Waals surface area (Å²) in [5.41, 5.74) is 0.316. The summed E-state index contributed by atoms with van der Waals surface area (Å²) in [6.45, 7) is 5.14. The van der Waals surface area contributed by atoms with Crippen LogP contribution in [-0.4, -0.2) is 27.2 Å². The first-order valence-electron chi connectivity index (χ1n) is 4.92. The predicted octanol–water partition coefficient (Wildman–Crippen LogP) is 1.50. The maximum atomic E-state index is 13.4. The molecule has 4 nitrogen and oxygen atoms in total. The molecule has 0 saturated heterocycles. The number of aryl methyl sites for hydroxylation is 1. The molecule has 0 fully saturated rings. The molecule has 1 aromatic heterocycles. The van der Waals surface area contributed by atoms with E-state index in [0.717, 1.165) is 0 Å². The minimum atomic E-state index is -0.435. The van der Waals surface area contributed by atoms with Crippen LogP contribution < -0.4 is 5.32 Å². The molecule has 0 aliphatic heterocycles. The molecule has 0 aromatic carbocycles. The number of nitrogens with one attached hydrogen (secondary N) is 1. The van der Waals surface area contributed by atoms with Crippen molar-refractivity contribution in [2.45, 2.75) is 39.3 Å². The Morgan fingerprint density at radius 3 is 2.73 bits per heavy atom. The lowest BCUT2D eigenvalue weighted by atomic mass is 10.1. The maximum Gasteiger partial charge on any atom is 0.186 e.